The molecule has 0 spiro atoms. The molecule has 1 aliphatic heterocycles. The van der Waals surface area contributed by atoms with Gasteiger partial charge in [-0.15, -0.1) is 0 Å². The van der Waals surface area contributed by atoms with Crippen molar-refractivity contribution in [3.63, 3.8) is 0 Å². The van der Waals surface area contributed by atoms with Gasteiger partial charge in [-0.2, -0.15) is 0 Å². The van der Waals surface area contributed by atoms with Crippen molar-refractivity contribution in [3.05, 3.63) is 15.7 Å². The molecule has 0 saturated carbocycles. The zero-order valence-electron chi connectivity index (χ0n) is 11.7. The van der Waals surface area contributed by atoms with Crippen LogP contribution < -0.4 is 0 Å². The van der Waals surface area contributed by atoms with Gasteiger partial charge in [0.15, 0.2) is 0 Å². The zero-order chi connectivity index (χ0) is 14.2. The average molecular weight is 377 g/mol. The average Bonchev–Trinajstić information content (AvgIpc) is 2.81. The monoisotopic (exact) mass is 377 g/mol. The predicted octanol–water partition coefficient (Wildman–Crippen LogP) is 3.47. The fraction of sp³-hybridized carbons (Fsp3) is 0.692. The molecule has 0 bridgehead atoms. The second-order valence-electron chi connectivity index (χ2n) is 5.95. The molecule has 2 unspecified atom stereocenters. The van der Waals surface area contributed by atoms with E-state index in [1.54, 1.807) is 11.1 Å². The van der Waals surface area contributed by atoms with Crippen LogP contribution >= 0.6 is 22.6 Å². The fourth-order valence-corrected chi connectivity index (χ4v) is 2.77. The third kappa shape index (κ3) is 3.40. The molecular weight excluding hydrogens is 357 g/mol. The van der Waals surface area contributed by atoms with E-state index in [1.165, 1.54) is 0 Å². The van der Waals surface area contributed by atoms with Crippen molar-refractivity contribution in [1.82, 2.24) is 14.9 Å². The summed E-state index contributed by atoms with van der Waals surface area (Å²) in [5.74, 6) is 0.847. The number of hydrogen-bond donors (Lipinski definition) is 1. The van der Waals surface area contributed by atoms with Gasteiger partial charge in [-0.3, -0.25) is 4.90 Å². The van der Waals surface area contributed by atoms with Gasteiger partial charge in [0.1, 0.15) is 11.4 Å². The molecule has 106 valence electrons. The Hall–Kier alpha value is -0.790. The van der Waals surface area contributed by atoms with Gasteiger partial charge in [0.25, 0.3) is 0 Å². The summed E-state index contributed by atoms with van der Waals surface area (Å²) in [5, 5.41) is 0. The number of ether oxygens (including phenoxy) is 1. The van der Waals surface area contributed by atoms with E-state index in [0.717, 1.165) is 22.4 Å². The van der Waals surface area contributed by atoms with Crippen LogP contribution in [0, 0.1) is 3.70 Å². The number of carbonyl (C=O) groups excluding carboxylic acids is 1. The molecule has 2 rings (SSSR count). The summed E-state index contributed by atoms with van der Waals surface area (Å²) in [7, 11) is 0. The van der Waals surface area contributed by atoms with Crippen LogP contribution in [0.1, 0.15) is 52.4 Å². The first-order valence-electron chi connectivity index (χ1n) is 6.49. The lowest BCUT2D eigenvalue weighted by Crippen LogP contribution is -2.40. The SMILES string of the molecule is CC1CCC(c2ncc(I)[nH]2)N1C(=O)OC(C)(C)C. The number of H-pyrrole nitrogens is 1. The molecule has 19 heavy (non-hydrogen) atoms. The molecule has 1 aromatic heterocycles. The van der Waals surface area contributed by atoms with Crippen LogP contribution in [-0.4, -0.2) is 32.6 Å². The maximum atomic E-state index is 12.3. The van der Waals surface area contributed by atoms with Crippen LogP contribution in [0.25, 0.3) is 0 Å². The molecule has 1 fully saturated rings. The maximum Gasteiger partial charge on any atom is 0.411 e. The van der Waals surface area contributed by atoms with Crippen LogP contribution in [0.5, 0.6) is 0 Å². The lowest BCUT2D eigenvalue weighted by atomic mass is 10.2. The minimum atomic E-state index is -0.471. The molecule has 0 aromatic carbocycles. The molecule has 1 aliphatic rings. The Balaban J connectivity index is 2.18. The fourth-order valence-electron chi connectivity index (χ4n) is 2.36. The van der Waals surface area contributed by atoms with E-state index < -0.39 is 5.60 Å². The Kier molecular flexibility index (Phi) is 4.08. The Bertz CT molecular complexity index is 467. The van der Waals surface area contributed by atoms with E-state index in [-0.39, 0.29) is 18.2 Å². The molecule has 0 radical (unpaired) electrons. The second-order valence-corrected chi connectivity index (χ2v) is 7.11. The number of carbonyl (C=O) groups is 1. The van der Waals surface area contributed by atoms with Crippen molar-refractivity contribution in [2.45, 2.75) is 58.2 Å². The molecule has 2 heterocycles. The van der Waals surface area contributed by atoms with Gasteiger partial charge in [0.2, 0.25) is 0 Å². The Labute approximate surface area is 127 Å². The number of likely N-dealkylation sites (tertiary alicyclic amines) is 1. The number of halogens is 1. The summed E-state index contributed by atoms with van der Waals surface area (Å²) in [5.41, 5.74) is -0.471. The van der Waals surface area contributed by atoms with E-state index in [9.17, 15) is 4.79 Å². The van der Waals surface area contributed by atoms with Gasteiger partial charge in [-0.1, -0.05) is 0 Å². The van der Waals surface area contributed by atoms with E-state index in [0.29, 0.717) is 0 Å². The Morgan fingerprint density at radius 3 is 2.74 bits per heavy atom. The first-order chi connectivity index (χ1) is 8.78. The predicted molar refractivity (Wildman–Crippen MR) is 80.8 cm³/mol. The largest absolute Gasteiger partial charge is 0.444 e. The van der Waals surface area contributed by atoms with Crippen LogP contribution in [0.15, 0.2) is 6.20 Å². The van der Waals surface area contributed by atoms with Crippen molar-refractivity contribution >= 4 is 28.7 Å². The van der Waals surface area contributed by atoms with E-state index in [2.05, 4.69) is 39.5 Å². The number of imidazole rings is 1. The Morgan fingerprint density at radius 2 is 2.21 bits per heavy atom. The van der Waals surface area contributed by atoms with E-state index >= 15 is 0 Å². The standard InChI is InChI=1S/C13H20IN3O2/c1-8-5-6-9(11-15-7-10(14)16-11)17(8)12(18)19-13(2,3)4/h7-9H,5-6H2,1-4H3,(H,15,16). The summed E-state index contributed by atoms with van der Waals surface area (Å²) in [6.45, 7) is 7.71. The maximum absolute atomic E-state index is 12.3. The smallest absolute Gasteiger partial charge is 0.411 e. The number of nitrogens with zero attached hydrogens (tertiary/aromatic N) is 2. The number of hydrogen-bond acceptors (Lipinski definition) is 3. The van der Waals surface area contributed by atoms with E-state index in [1.807, 2.05) is 20.8 Å². The third-order valence-electron chi connectivity index (χ3n) is 3.15. The van der Waals surface area contributed by atoms with Gasteiger partial charge in [-0.25, -0.2) is 9.78 Å². The van der Waals surface area contributed by atoms with Gasteiger partial charge in [-0.05, 0) is 63.1 Å². The summed E-state index contributed by atoms with van der Waals surface area (Å²) in [6, 6.07) is 0.177. The van der Waals surface area contributed by atoms with Crippen LogP contribution in [-0.2, 0) is 4.74 Å². The van der Waals surface area contributed by atoms with E-state index in [4.69, 9.17) is 4.74 Å². The summed E-state index contributed by atoms with van der Waals surface area (Å²) in [4.78, 5) is 21.7. The molecular formula is C13H20IN3O2. The lowest BCUT2D eigenvalue weighted by molar-refractivity contribution is 0.0151. The Morgan fingerprint density at radius 1 is 1.53 bits per heavy atom. The van der Waals surface area contributed by atoms with Crippen molar-refractivity contribution in [2.75, 3.05) is 0 Å². The van der Waals surface area contributed by atoms with Crippen LogP contribution in [0.4, 0.5) is 4.79 Å². The third-order valence-corrected chi connectivity index (χ3v) is 3.70. The number of amides is 1. The number of aromatic nitrogens is 2. The summed E-state index contributed by atoms with van der Waals surface area (Å²) < 4.78 is 6.48. The van der Waals surface area contributed by atoms with Crippen molar-refractivity contribution < 1.29 is 9.53 Å². The number of rotatable bonds is 1. The van der Waals surface area contributed by atoms with Crippen molar-refractivity contribution in [3.8, 4) is 0 Å². The first kappa shape index (κ1) is 14.6. The molecule has 1 amide bonds. The van der Waals surface area contributed by atoms with Crippen molar-refractivity contribution in [1.29, 1.82) is 0 Å². The molecule has 6 heteroatoms. The molecule has 1 saturated heterocycles. The van der Waals surface area contributed by atoms with Crippen LogP contribution in [0.3, 0.4) is 0 Å². The molecule has 1 aromatic rings. The topological polar surface area (TPSA) is 58.2 Å². The zero-order valence-corrected chi connectivity index (χ0v) is 13.9. The normalized spacial score (nSPS) is 23.7. The highest BCUT2D eigenvalue weighted by Gasteiger charge is 2.39. The molecule has 2 atom stereocenters. The highest BCUT2D eigenvalue weighted by atomic mass is 127. The molecule has 0 aliphatic carbocycles. The number of nitrogens with one attached hydrogen (secondary N) is 1. The summed E-state index contributed by atoms with van der Waals surface area (Å²) >= 11 is 2.19. The summed E-state index contributed by atoms with van der Waals surface area (Å²) in [6.07, 6.45) is 3.42. The minimum absolute atomic E-state index is 0.00614. The van der Waals surface area contributed by atoms with Crippen molar-refractivity contribution in [2.24, 2.45) is 0 Å². The lowest BCUT2D eigenvalue weighted by Gasteiger charge is -2.30. The second kappa shape index (κ2) is 5.30. The van der Waals surface area contributed by atoms with Gasteiger partial charge in [0.05, 0.1) is 15.9 Å². The first-order valence-corrected chi connectivity index (χ1v) is 7.57. The molecule has 1 N–H and O–H groups in total. The quantitative estimate of drug-likeness (QED) is 0.763. The van der Waals surface area contributed by atoms with Gasteiger partial charge in [0, 0.05) is 6.04 Å². The highest BCUT2D eigenvalue weighted by Crippen LogP contribution is 2.35. The van der Waals surface area contributed by atoms with Gasteiger partial charge >= 0.3 is 6.09 Å². The highest BCUT2D eigenvalue weighted by molar-refractivity contribution is 14.1. The molecule has 5 nitrogen and oxygen atoms in total. The number of aromatic amines is 1. The van der Waals surface area contributed by atoms with Crippen LogP contribution in [0.2, 0.25) is 0 Å². The minimum Gasteiger partial charge on any atom is -0.444 e. The van der Waals surface area contributed by atoms with Gasteiger partial charge < -0.3 is 9.72 Å².